The van der Waals surface area contributed by atoms with Crippen molar-refractivity contribution in [2.24, 2.45) is 0 Å². The van der Waals surface area contributed by atoms with Crippen LogP contribution < -0.4 is 10.0 Å². The van der Waals surface area contributed by atoms with E-state index in [1.807, 2.05) is 0 Å². The van der Waals surface area contributed by atoms with Gasteiger partial charge in [0.1, 0.15) is 0 Å². The molecule has 27 heavy (non-hydrogen) atoms. The molecular formula is C16H19F3N2O5S. The van der Waals surface area contributed by atoms with Gasteiger partial charge in [-0.25, -0.2) is 13.1 Å². The maximum atomic E-state index is 12.7. The summed E-state index contributed by atoms with van der Waals surface area (Å²) >= 11 is 0. The number of rotatable bonds is 9. The molecule has 2 N–H and O–H groups in total. The molecule has 1 fully saturated rings. The fourth-order valence-corrected chi connectivity index (χ4v) is 3.20. The van der Waals surface area contributed by atoms with E-state index in [2.05, 4.69) is 10.0 Å². The summed E-state index contributed by atoms with van der Waals surface area (Å²) in [6.45, 7) is -0.562. The predicted molar refractivity (Wildman–Crippen MR) is 88.0 cm³/mol. The number of halogens is 3. The highest BCUT2D eigenvalue weighted by Gasteiger charge is 2.31. The molecule has 1 saturated carbocycles. The van der Waals surface area contributed by atoms with E-state index in [4.69, 9.17) is 4.74 Å². The summed E-state index contributed by atoms with van der Waals surface area (Å²) in [4.78, 5) is 22.3. The molecule has 0 bridgehead atoms. The van der Waals surface area contributed by atoms with Crippen LogP contribution >= 0.6 is 0 Å². The van der Waals surface area contributed by atoms with E-state index in [1.165, 1.54) is 0 Å². The molecule has 0 saturated heterocycles. The van der Waals surface area contributed by atoms with Crippen LogP contribution in [0.5, 0.6) is 0 Å². The third kappa shape index (κ3) is 7.18. The largest absolute Gasteiger partial charge is 0.456 e. The van der Waals surface area contributed by atoms with E-state index in [1.54, 1.807) is 0 Å². The lowest BCUT2D eigenvalue weighted by Crippen LogP contribution is -2.30. The van der Waals surface area contributed by atoms with Gasteiger partial charge in [0.2, 0.25) is 10.0 Å². The molecule has 0 spiro atoms. The van der Waals surface area contributed by atoms with Crippen LogP contribution in [-0.2, 0) is 30.5 Å². The number of sulfonamides is 1. The highest BCUT2D eigenvalue weighted by Crippen LogP contribution is 2.30. The summed E-state index contributed by atoms with van der Waals surface area (Å²) in [5, 5.41) is 2.64. The van der Waals surface area contributed by atoms with Crippen LogP contribution in [0, 0.1) is 0 Å². The molecule has 0 aliphatic heterocycles. The number of nitrogens with one attached hydrogen (secondary N) is 2. The zero-order valence-corrected chi connectivity index (χ0v) is 15.0. The lowest BCUT2D eigenvalue weighted by atomic mass is 10.2. The summed E-state index contributed by atoms with van der Waals surface area (Å²) in [6, 6.07) is 3.51. The summed E-state index contributed by atoms with van der Waals surface area (Å²) in [7, 11) is -4.14. The third-order valence-electron chi connectivity index (χ3n) is 3.63. The van der Waals surface area contributed by atoms with Gasteiger partial charge in [0.05, 0.1) is 10.5 Å². The molecular weight excluding hydrogens is 389 g/mol. The number of carbonyl (C=O) groups excluding carboxylic acids is 2. The van der Waals surface area contributed by atoms with Gasteiger partial charge in [0, 0.05) is 19.0 Å². The zero-order chi connectivity index (χ0) is 20.1. The second-order valence-corrected chi connectivity index (χ2v) is 7.80. The van der Waals surface area contributed by atoms with Crippen molar-refractivity contribution in [2.45, 2.75) is 42.8 Å². The molecule has 11 heteroatoms. The smallest absolute Gasteiger partial charge is 0.416 e. The Balaban J connectivity index is 1.73. The zero-order valence-electron chi connectivity index (χ0n) is 14.2. The van der Waals surface area contributed by atoms with Crippen molar-refractivity contribution < 1.29 is 35.9 Å². The maximum absolute atomic E-state index is 12.7. The Morgan fingerprint density at radius 2 is 1.93 bits per heavy atom. The Morgan fingerprint density at radius 3 is 2.56 bits per heavy atom. The van der Waals surface area contributed by atoms with Gasteiger partial charge in [-0.05, 0) is 37.5 Å². The number of hydrogen-bond acceptors (Lipinski definition) is 5. The minimum absolute atomic E-state index is 0.0707. The Labute approximate surface area is 154 Å². The molecule has 0 aromatic heterocycles. The molecule has 7 nitrogen and oxygen atoms in total. The quantitative estimate of drug-likeness (QED) is 0.477. The summed E-state index contributed by atoms with van der Waals surface area (Å²) in [6.07, 6.45) is -2.90. The van der Waals surface area contributed by atoms with Crippen LogP contribution in [0.2, 0.25) is 0 Å². The minimum Gasteiger partial charge on any atom is -0.456 e. The lowest BCUT2D eigenvalue weighted by Gasteiger charge is -2.10. The van der Waals surface area contributed by atoms with Crippen molar-refractivity contribution in [3.63, 3.8) is 0 Å². The van der Waals surface area contributed by atoms with Crippen molar-refractivity contribution in [3.05, 3.63) is 29.8 Å². The Morgan fingerprint density at radius 1 is 1.22 bits per heavy atom. The van der Waals surface area contributed by atoms with Crippen LogP contribution in [0.15, 0.2) is 29.2 Å². The standard InChI is InChI=1S/C16H19F3N2O5S/c17-16(18,19)11-3-1-4-13(9-11)27(24,25)20-8-2-5-15(23)26-10-14(22)21-12-6-7-12/h1,3-4,9,12,20H,2,5-8,10H2,(H,21,22). The average Bonchev–Trinajstić information content (AvgIpc) is 3.40. The van der Waals surface area contributed by atoms with Gasteiger partial charge >= 0.3 is 12.1 Å². The maximum Gasteiger partial charge on any atom is 0.416 e. The van der Waals surface area contributed by atoms with Gasteiger partial charge in [-0.1, -0.05) is 6.07 Å². The number of carbonyl (C=O) groups is 2. The van der Waals surface area contributed by atoms with E-state index in [0.29, 0.717) is 6.07 Å². The van der Waals surface area contributed by atoms with Crippen LogP contribution in [0.3, 0.4) is 0 Å². The monoisotopic (exact) mass is 408 g/mol. The van der Waals surface area contributed by atoms with Crippen molar-refractivity contribution in [1.29, 1.82) is 0 Å². The number of amides is 1. The first-order valence-electron chi connectivity index (χ1n) is 8.20. The Kier molecular flexibility index (Phi) is 6.82. The highest BCUT2D eigenvalue weighted by atomic mass is 32.2. The molecule has 1 aromatic rings. The van der Waals surface area contributed by atoms with Gasteiger partial charge in [0.25, 0.3) is 5.91 Å². The summed E-state index contributed by atoms with van der Waals surface area (Å²) < 4.78 is 68.9. The topological polar surface area (TPSA) is 102 Å². The van der Waals surface area contributed by atoms with Gasteiger partial charge in [-0.2, -0.15) is 13.2 Å². The van der Waals surface area contributed by atoms with Crippen LogP contribution in [0.4, 0.5) is 13.2 Å². The summed E-state index contributed by atoms with van der Waals surface area (Å²) in [5.74, 6) is -1.06. The Bertz CT molecular complexity index is 791. The molecule has 1 aliphatic rings. The van der Waals surface area contributed by atoms with Crippen LogP contribution in [-0.4, -0.2) is 39.5 Å². The predicted octanol–water partition coefficient (Wildman–Crippen LogP) is 1.59. The number of hydrogen-bond donors (Lipinski definition) is 2. The van der Waals surface area contributed by atoms with Gasteiger partial charge in [-0.15, -0.1) is 0 Å². The third-order valence-corrected chi connectivity index (χ3v) is 5.09. The second kappa shape index (κ2) is 8.70. The fourth-order valence-electron chi connectivity index (χ4n) is 2.08. The molecule has 1 aliphatic carbocycles. The molecule has 0 radical (unpaired) electrons. The lowest BCUT2D eigenvalue weighted by molar-refractivity contribution is -0.148. The first-order chi connectivity index (χ1) is 12.6. The number of benzene rings is 1. The first kappa shape index (κ1) is 21.2. The normalized spacial score (nSPS) is 14.6. The van der Waals surface area contributed by atoms with Crippen LogP contribution in [0.1, 0.15) is 31.2 Å². The SMILES string of the molecule is O=C(COC(=O)CCCNS(=O)(=O)c1cccc(C(F)(F)F)c1)NC1CC1. The van der Waals surface area contributed by atoms with Crippen molar-refractivity contribution in [3.8, 4) is 0 Å². The van der Waals surface area contributed by atoms with E-state index >= 15 is 0 Å². The van der Waals surface area contributed by atoms with E-state index in [-0.39, 0.29) is 25.4 Å². The van der Waals surface area contributed by atoms with E-state index in [9.17, 15) is 31.2 Å². The van der Waals surface area contributed by atoms with Gasteiger partial charge < -0.3 is 10.1 Å². The van der Waals surface area contributed by atoms with E-state index < -0.39 is 45.1 Å². The highest BCUT2D eigenvalue weighted by molar-refractivity contribution is 7.89. The van der Waals surface area contributed by atoms with Gasteiger partial charge in [-0.3, -0.25) is 9.59 Å². The summed E-state index contributed by atoms with van der Waals surface area (Å²) in [5.41, 5.74) is -1.07. The Hall–Kier alpha value is -2.14. The first-order valence-corrected chi connectivity index (χ1v) is 9.68. The molecule has 1 amide bonds. The second-order valence-electron chi connectivity index (χ2n) is 6.03. The van der Waals surface area contributed by atoms with Crippen molar-refractivity contribution >= 4 is 21.9 Å². The van der Waals surface area contributed by atoms with Crippen molar-refractivity contribution in [2.75, 3.05) is 13.2 Å². The molecule has 1 aromatic carbocycles. The molecule has 0 atom stereocenters. The molecule has 0 heterocycles. The van der Waals surface area contributed by atoms with Crippen LogP contribution in [0.25, 0.3) is 0 Å². The average molecular weight is 408 g/mol. The van der Waals surface area contributed by atoms with Crippen molar-refractivity contribution in [1.82, 2.24) is 10.0 Å². The van der Waals surface area contributed by atoms with Gasteiger partial charge in [0.15, 0.2) is 6.61 Å². The van der Waals surface area contributed by atoms with E-state index in [0.717, 1.165) is 31.0 Å². The molecule has 0 unspecified atom stereocenters. The fraction of sp³-hybridized carbons (Fsp3) is 0.500. The minimum atomic E-state index is -4.65. The number of alkyl halides is 3. The number of ether oxygens (including phenoxy) is 1. The molecule has 2 rings (SSSR count). The molecule has 150 valence electrons. The number of esters is 1.